The number of carbonyl (C=O) groups excluding carboxylic acids is 1. The molecule has 1 aromatic heterocycles. The zero-order valence-electron chi connectivity index (χ0n) is 12.6. The van der Waals surface area contributed by atoms with E-state index in [4.69, 9.17) is 9.26 Å². The average molecular weight is 333 g/mol. The normalized spacial score (nSPS) is 13.9. The molecular weight excluding hydrogens is 318 g/mol. The number of methoxy groups -OCH3 is 1. The Balaban J connectivity index is 1.86. The second-order valence-electron chi connectivity index (χ2n) is 4.85. The summed E-state index contributed by atoms with van der Waals surface area (Å²) in [4.78, 5) is 13.4. The molecule has 1 aliphatic heterocycles. The lowest BCUT2D eigenvalue weighted by molar-refractivity contribution is -0.113. The molecule has 1 amide bonds. The highest BCUT2D eigenvalue weighted by atomic mass is 32.2. The quantitative estimate of drug-likeness (QED) is 0.832. The highest BCUT2D eigenvalue weighted by molar-refractivity contribution is 7.97. The number of nitrogens with zero attached hydrogens (tertiary/aromatic N) is 2. The topological polar surface area (TPSA) is 87.8 Å². The van der Waals surface area contributed by atoms with Crippen LogP contribution in [0.1, 0.15) is 11.3 Å². The molecule has 0 aliphatic carbocycles. The number of aromatic nitrogens is 1. The molecule has 2 aromatic rings. The number of hydrogen-bond acceptors (Lipinski definition) is 7. The van der Waals surface area contributed by atoms with Gasteiger partial charge in [0, 0.05) is 30.7 Å². The van der Waals surface area contributed by atoms with E-state index in [-0.39, 0.29) is 23.9 Å². The predicted octanol–water partition coefficient (Wildman–Crippen LogP) is 2.64. The Morgan fingerprint density at radius 1 is 1.48 bits per heavy atom. The van der Waals surface area contributed by atoms with Crippen molar-refractivity contribution in [3.8, 4) is 0 Å². The summed E-state index contributed by atoms with van der Waals surface area (Å²) in [6.45, 7) is 0.264. The zero-order chi connectivity index (χ0) is 16.4. The predicted molar refractivity (Wildman–Crippen MR) is 85.5 cm³/mol. The van der Waals surface area contributed by atoms with Gasteiger partial charge in [-0.1, -0.05) is 17.3 Å². The number of hydrogen-bond donors (Lipinski definition) is 2. The third-order valence-corrected chi connectivity index (χ3v) is 4.23. The van der Waals surface area contributed by atoms with Crippen molar-refractivity contribution >= 4 is 29.4 Å². The number of carbonyl (C=O) groups is 1. The second-order valence-corrected chi connectivity index (χ2v) is 6.02. The lowest BCUT2D eigenvalue weighted by Gasteiger charge is -2.27. The van der Waals surface area contributed by atoms with Crippen molar-refractivity contribution in [1.82, 2.24) is 9.46 Å². The van der Waals surface area contributed by atoms with Gasteiger partial charge in [0.2, 0.25) is 0 Å². The Kier molecular flexibility index (Phi) is 4.26. The summed E-state index contributed by atoms with van der Waals surface area (Å²) < 4.78 is 11.6. The van der Waals surface area contributed by atoms with Crippen LogP contribution >= 0.6 is 11.9 Å². The van der Waals surface area contributed by atoms with Gasteiger partial charge in [0.25, 0.3) is 5.91 Å². The molecule has 23 heavy (non-hydrogen) atoms. The van der Waals surface area contributed by atoms with Gasteiger partial charge < -0.3 is 24.0 Å². The largest absolute Gasteiger partial charge is 0.505 e. The number of rotatable bonds is 4. The summed E-state index contributed by atoms with van der Waals surface area (Å²) in [6, 6.07) is 8.92. The van der Waals surface area contributed by atoms with Crippen molar-refractivity contribution in [2.75, 3.05) is 19.5 Å². The molecular formula is C15H15N3O4S. The van der Waals surface area contributed by atoms with E-state index in [9.17, 15) is 9.90 Å². The van der Waals surface area contributed by atoms with Crippen LogP contribution in [0.3, 0.4) is 0 Å². The number of benzene rings is 1. The molecule has 120 valence electrons. The smallest absolute Gasteiger partial charge is 0.277 e. The van der Waals surface area contributed by atoms with Crippen LogP contribution in [0.15, 0.2) is 45.4 Å². The molecule has 0 saturated heterocycles. The number of nitrogens with one attached hydrogen (secondary N) is 1. The third kappa shape index (κ3) is 3.03. The summed E-state index contributed by atoms with van der Waals surface area (Å²) in [5.74, 6) is 0.224. The number of ether oxygens (including phenoxy) is 1. The van der Waals surface area contributed by atoms with E-state index < -0.39 is 5.91 Å². The number of aliphatic hydroxyl groups excluding tert-OH is 1. The SMILES string of the molecule is COCc1cc(NC(=O)C2=C(O)c3ccccc3SN2C)no1. The van der Waals surface area contributed by atoms with Crippen LogP contribution in [0.2, 0.25) is 0 Å². The van der Waals surface area contributed by atoms with Gasteiger partial charge in [-0.15, -0.1) is 0 Å². The lowest BCUT2D eigenvalue weighted by Crippen LogP contribution is -2.27. The second kappa shape index (κ2) is 6.35. The number of anilines is 1. The fourth-order valence-corrected chi connectivity index (χ4v) is 3.18. The van der Waals surface area contributed by atoms with Gasteiger partial charge in [0.1, 0.15) is 6.61 Å². The monoisotopic (exact) mass is 333 g/mol. The summed E-state index contributed by atoms with van der Waals surface area (Å²) >= 11 is 1.37. The Labute approximate surface area is 137 Å². The van der Waals surface area contributed by atoms with Gasteiger partial charge in [0.05, 0.1) is 0 Å². The molecule has 0 bridgehead atoms. The summed E-state index contributed by atoms with van der Waals surface area (Å²) in [7, 11) is 3.25. The van der Waals surface area contributed by atoms with Crippen LogP contribution in [0.25, 0.3) is 5.76 Å². The number of amides is 1. The number of likely N-dealkylation sites (N-methyl/N-ethyl adjacent to an activating group) is 1. The summed E-state index contributed by atoms with van der Waals surface area (Å²) in [5, 5.41) is 16.8. The van der Waals surface area contributed by atoms with E-state index in [1.54, 1.807) is 23.5 Å². The van der Waals surface area contributed by atoms with Gasteiger partial charge in [0.15, 0.2) is 23.0 Å². The molecule has 0 atom stereocenters. The van der Waals surface area contributed by atoms with Crippen molar-refractivity contribution in [1.29, 1.82) is 0 Å². The molecule has 0 saturated carbocycles. The molecule has 1 aromatic carbocycles. The molecule has 0 unspecified atom stereocenters. The minimum atomic E-state index is -0.468. The Bertz CT molecular complexity index is 772. The first-order valence-electron chi connectivity index (χ1n) is 6.80. The molecule has 0 spiro atoms. The molecule has 1 aliphatic rings. The number of fused-ring (bicyclic) bond motifs is 1. The van der Waals surface area contributed by atoms with E-state index in [0.717, 1.165) is 4.90 Å². The van der Waals surface area contributed by atoms with Crippen molar-refractivity contribution in [2.24, 2.45) is 0 Å². The maximum absolute atomic E-state index is 12.5. The van der Waals surface area contributed by atoms with Gasteiger partial charge >= 0.3 is 0 Å². The standard InChI is InChI=1S/C15H15N3O4S/c1-18-13(14(19)10-5-3-4-6-11(10)23-18)15(20)16-12-7-9(8-21-2)22-17-12/h3-7,19H,8H2,1-2H3,(H,16,17,20). The lowest BCUT2D eigenvalue weighted by atomic mass is 10.1. The first-order valence-corrected chi connectivity index (χ1v) is 7.57. The van der Waals surface area contributed by atoms with Crippen LogP contribution in [0.5, 0.6) is 0 Å². The minimum absolute atomic E-state index is 0.0695. The van der Waals surface area contributed by atoms with E-state index in [1.165, 1.54) is 19.1 Å². The van der Waals surface area contributed by atoms with Crippen LogP contribution in [-0.2, 0) is 16.1 Å². The third-order valence-electron chi connectivity index (χ3n) is 3.22. The van der Waals surface area contributed by atoms with Crippen LogP contribution < -0.4 is 5.32 Å². The molecule has 0 radical (unpaired) electrons. The highest BCUT2D eigenvalue weighted by Gasteiger charge is 2.28. The van der Waals surface area contributed by atoms with Crippen molar-refractivity contribution < 1.29 is 19.2 Å². The fourth-order valence-electron chi connectivity index (χ4n) is 2.22. The average Bonchev–Trinajstić information content (AvgIpc) is 2.95. The maximum atomic E-state index is 12.5. The fraction of sp³-hybridized carbons (Fsp3) is 0.200. The van der Waals surface area contributed by atoms with Crippen LogP contribution in [-0.4, -0.2) is 34.6 Å². The Morgan fingerprint density at radius 3 is 3.04 bits per heavy atom. The van der Waals surface area contributed by atoms with E-state index in [2.05, 4.69) is 10.5 Å². The van der Waals surface area contributed by atoms with Crippen LogP contribution in [0, 0.1) is 0 Å². The molecule has 3 rings (SSSR count). The molecule has 2 N–H and O–H groups in total. The molecule has 8 heteroatoms. The van der Waals surface area contributed by atoms with Crippen molar-refractivity contribution in [2.45, 2.75) is 11.5 Å². The van der Waals surface area contributed by atoms with Gasteiger partial charge in [-0.25, -0.2) is 0 Å². The van der Waals surface area contributed by atoms with E-state index in [1.807, 2.05) is 18.2 Å². The van der Waals surface area contributed by atoms with E-state index in [0.29, 0.717) is 11.3 Å². The first kappa shape index (κ1) is 15.4. The van der Waals surface area contributed by atoms with Gasteiger partial charge in [-0.05, 0) is 24.1 Å². The Hall–Kier alpha value is -2.45. The maximum Gasteiger partial charge on any atom is 0.277 e. The number of aliphatic hydroxyl groups is 1. The van der Waals surface area contributed by atoms with E-state index >= 15 is 0 Å². The minimum Gasteiger partial charge on any atom is -0.505 e. The highest BCUT2D eigenvalue weighted by Crippen LogP contribution is 2.38. The summed E-state index contributed by atoms with van der Waals surface area (Å²) in [5.41, 5.74) is 0.783. The van der Waals surface area contributed by atoms with Crippen LogP contribution in [0.4, 0.5) is 5.82 Å². The first-order chi connectivity index (χ1) is 11.1. The molecule has 7 nitrogen and oxygen atoms in total. The molecule has 2 heterocycles. The zero-order valence-corrected chi connectivity index (χ0v) is 13.4. The van der Waals surface area contributed by atoms with Crippen molar-refractivity contribution in [3.05, 3.63) is 47.4 Å². The Morgan fingerprint density at radius 2 is 2.26 bits per heavy atom. The molecule has 0 fully saturated rings. The van der Waals surface area contributed by atoms with Gasteiger partial charge in [-0.3, -0.25) is 4.79 Å². The summed E-state index contributed by atoms with van der Waals surface area (Å²) in [6.07, 6.45) is 0. The van der Waals surface area contributed by atoms with Crippen molar-refractivity contribution in [3.63, 3.8) is 0 Å². The van der Waals surface area contributed by atoms with Gasteiger partial charge in [-0.2, -0.15) is 0 Å².